The molecule has 0 aliphatic rings. The molecule has 5 aromatic carbocycles. The van der Waals surface area contributed by atoms with Crippen molar-refractivity contribution in [3.8, 4) is 39.7 Å². The monoisotopic (exact) mass is 606 g/mol. The fourth-order valence-corrected chi connectivity index (χ4v) is 6.18. The van der Waals surface area contributed by atoms with Gasteiger partial charge in [0.1, 0.15) is 5.52 Å². The number of para-hydroxylation sites is 1. The van der Waals surface area contributed by atoms with E-state index in [0.717, 1.165) is 72.2 Å². The number of hydrogen-bond acceptors (Lipinski definition) is 4. The highest BCUT2D eigenvalue weighted by molar-refractivity contribution is 6.16. The van der Waals surface area contributed by atoms with Gasteiger partial charge in [0.25, 0.3) is 0 Å². The molecular weight excluding hydrogens is 576 g/mol. The van der Waals surface area contributed by atoms with Gasteiger partial charge in [-0.25, -0.2) is 15.0 Å². The highest BCUT2D eigenvalue weighted by atomic mass is 16.3. The van der Waals surface area contributed by atoms with Gasteiger partial charge in [0.05, 0.1) is 22.4 Å². The van der Waals surface area contributed by atoms with E-state index >= 15 is 0 Å². The second-order valence-corrected chi connectivity index (χ2v) is 11.3. The number of fused-ring (bicyclic) bond motifs is 5. The minimum absolute atomic E-state index is 0.608. The van der Waals surface area contributed by atoms with E-state index in [-0.39, 0.29) is 0 Å². The zero-order valence-electron chi connectivity index (χ0n) is 25.8. The van der Waals surface area contributed by atoms with Gasteiger partial charge in [-0.05, 0) is 55.5 Å². The molecule has 0 bridgehead atoms. The van der Waals surface area contributed by atoms with Crippen molar-refractivity contribution < 1.29 is 4.42 Å². The maximum atomic E-state index is 6.52. The number of allylic oxidation sites excluding steroid dienone is 5. The maximum absolute atomic E-state index is 6.52. The van der Waals surface area contributed by atoms with E-state index < -0.39 is 0 Å². The van der Waals surface area contributed by atoms with Crippen molar-refractivity contribution in [3.05, 3.63) is 164 Å². The summed E-state index contributed by atoms with van der Waals surface area (Å²) in [5, 5.41) is 2.27. The molecule has 0 spiro atoms. The van der Waals surface area contributed by atoms with Crippen LogP contribution in [0, 0.1) is 0 Å². The highest BCUT2D eigenvalue weighted by Gasteiger charge is 2.19. The summed E-state index contributed by atoms with van der Waals surface area (Å²) in [4.78, 5) is 14.8. The highest BCUT2D eigenvalue weighted by Crippen LogP contribution is 2.38. The molecule has 0 fully saturated rings. The Morgan fingerprint density at radius 1 is 0.681 bits per heavy atom. The molecule has 0 unspecified atom stereocenters. The predicted octanol–water partition coefficient (Wildman–Crippen LogP) is 10.9. The molecule has 0 N–H and O–H groups in total. The van der Waals surface area contributed by atoms with Crippen molar-refractivity contribution in [2.45, 2.75) is 6.92 Å². The molecule has 0 amide bonds. The van der Waals surface area contributed by atoms with Gasteiger partial charge in [-0.2, -0.15) is 0 Å². The summed E-state index contributed by atoms with van der Waals surface area (Å²) < 4.78 is 8.79. The van der Waals surface area contributed by atoms with Gasteiger partial charge < -0.3 is 8.98 Å². The quantitative estimate of drug-likeness (QED) is 0.169. The lowest BCUT2D eigenvalue weighted by Crippen LogP contribution is -1.99. The molecule has 0 atom stereocenters. The summed E-state index contributed by atoms with van der Waals surface area (Å²) >= 11 is 0. The van der Waals surface area contributed by atoms with Gasteiger partial charge in [-0.15, -0.1) is 0 Å². The van der Waals surface area contributed by atoms with Crippen molar-refractivity contribution >= 4 is 38.5 Å². The molecule has 47 heavy (non-hydrogen) atoms. The summed E-state index contributed by atoms with van der Waals surface area (Å²) in [5.74, 6) is 1.25. The van der Waals surface area contributed by atoms with E-state index in [1.165, 1.54) is 0 Å². The molecule has 0 saturated heterocycles. The fraction of sp³-hybridized carbons (Fsp3) is 0.0238. The number of hydrogen-bond donors (Lipinski definition) is 0. The van der Waals surface area contributed by atoms with E-state index in [4.69, 9.17) is 19.4 Å². The zero-order valence-corrected chi connectivity index (χ0v) is 25.8. The smallest absolute Gasteiger partial charge is 0.227 e. The van der Waals surface area contributed by atoms with Crippen molar-refractivity contribution in [1.82, 2.24) is 19.5 Å². The largest absolute Gasteiger partial charge is 0.434 e. The summed E-state index contributed by atoms with van der Waals surface area (Å²) in [7, 11) is 0. The third-order valence-electron chi connectivity index (χ3n) is 8.33. The van der Waals surface area contributed by atoms with Gasteiger partial charge in [0.15, 0.2) is 11.4 Å². The number of nitrogens with zero attached hydrogens (tertiary/aromatic N) is 4. The van der Waals surface area contributed by atoms with Gasteiger partial charge in [0.2, 0.25) is 5.89 Å². The first-order valence-electron chi connectivity index (χ1n) is 15.6. The molecule has 5 heteroatoms. The van der Waals surface area contributed by atoms with E-state index in [0.29, 0.717) is 11.7 Å². The number of aromatic nitrogens is 4. The molecule has 8 aromatic rings. The van der Waals surface area contributed by atoms with Crippen LogP contribution < -0.4 is 0 Å². The van der Waals surface area contributed by atoms with Crippen LogP contribution in [0.3, 0.4) is 0 Å². The summed E-state index contributed by atoms with van der Waals surface area (Å²) in [6.45, 7) is 5.89. The van der Waals surface area contributed by atoms with Crippen LogP contribution in [-0.4, -0.2) is 19.5 Å². The molecule has 0 saturated carbocycles. The predicted molar refractivity (Wildman–Crippen MR) is 193 cm³/mol. The topological polar surface area (TPSA) is 56.7 Å². The number of benzene rings is 5. The Labute approximate surface area is 272 Å². The first kappa shape index (κ1) is 28.2. The zero-order chi connectivity index (χ0) is 31.7. The van der Waals surface area contributed by atoms with Crippen molar-refractivity contribution in [2.75, 3.05) is 0 Å². The van der Waals surface area contributed by atoms with Crippen molar-refractivity contribution in [3.63, 3.8) is 0 Å². The van der Waals surface area contributed by atoms with Crippen LogP contribution in [0.5, 0.6) is 0 Å². The maximum Gasteiger partial charge on any atom is 0.227 e. The number of oxazole rings is 1. The minimum Gasteiger partial charge on any atom is -0.434 e. The Morgan fingerprint density at radius 2 is 1.34 bits per heavy atom. The van der Waals surface area contributed by atoms with E-state index in [1.807, 2.05) is 79.7 Å². The van der Waals surface area contributed by atoms with Crippen LogP contribution in [0.2, 0.25) is 0 Å². The minimum atomic E-state index is 0.608. The Balaban J connectivity index is 1.29. The molecule has 3 aromatic heterocycles. The van der Waals surface area contributed by atoms with Crippen LogP contribution in [0.15, 0.2) is 163 Å². The molecule has 3 heterocycles. The van der Waals surface area contributed by atoms with Gasteiger partial charge in [-0.3, -0.25) is 0 Å². The summed E-state index contributed by atoms with van der Waals surface area (Å²) in [6, 6.07) is 43.5. The first-order valence-corrected chi connectivity index (χ1v) is 15.6. The van der Waals surface area contributed by atoms with E-state index in [2.05, 4.69) is 83.9 Å². The molecule has 0 radical (unpaired) electrons. The number of rotatable bonds is 7. The Kier molecular flexibility index (Phi) is 7.12. The van der Waals surface area contributed by atoms with Crippen LogP contribution in [0.1, 0.15) is 12.7 Å². The normalized spacial score (nSPS) is 12.1. The van der Waals surface area contributed by atoms with Gasteiger partial charge in [-0.1, -0.05) is 110 Å². The molecule has 0 aliphatic carbocycles. The Bertz CT molecular complexity index is 2470. The molecule has 8 rings (SSSR count). The van der Waals surface area contributed by atoms with Crippen LogP contribution in [0.25, 0.3) is 78.1 Å². The lowest BCUT2D eigenvalue weighted by atomic mass is 10.1. The second kappa shape index (κ2) is 11.9. The first-order chi connectivity index (χ1) is 23.2. The third-order valence-corrected chi connectivity index (χ3v) is 8.33. The average Bonchev–Trinajstić information content (AvgIpc) is 3.72. The van der Waals surface area contributed by atoms with Gasteiger partial charge in [0, 0.05) is 38.7 Å². The summed E-state index contributed by atoms with van der Waals surface area (Å²) in [6.07, 6.45) is 7.70. The van der Waals surface area contributed by atoms with E-state index in [1.54, 1.807) is 6.08 Å². The van der Waals surface area contributed by atoms with Crippen LogP contribution >= 0.6 is 0 Å². The van der Waals surface area contributed by atoms with Crippen LogP contribution in [0.4, 0.5) is 0 Å². The Hall–Kier alpha value is -6.33. The average molecular weight is 607 g/mol. The Morgan fingerprint density at radius 3 is 2.04 bits per heavy atom. The van der Waals surface area contributed by atoms with Crippen molar-refractivity contribution in [1.29, 1.82) is 0 Å². The molecular formula is C42H30N4O. The van der Waals surface area contributed by atoms with E-state index in [9.17, 15) is 0 Å². The summed E-state index contributed by atoms with van der Waals surface area (Å²) in [5.41, 5.74) is 10.3. The lowest BCUT2D eigenvalue weighted by molar-refractivity contribution is 0.622. The standard InChI is InChI=1S/C42H30N4O/c1-3-13-30(14-4-2)41-43-36(28-15-7-5-8-16-28)27-37(44-41)29-21-23-32(24-22-29)46-38-20-12-11-19-33(38)34-25-26-35-40(39(34)46)47-42(45-35)31-17-9-6-10-18-31/h3-27H,1H2,2H3/b14-4-,30-13+. The molecule has 5 nitrogen and oxygen atoms in total. The molecule has 0 aliphatic heterocycles. The van der Waals surface area contributed by atoms with Gasteiger partial charge >= 0.3 is 0 Å². The van der Waals surface area contributed by atoms with Crippen LogP contribution in [-0.2, 0) is 0 Å². The second-order valence-electron chi connectivity index (χ2n) is 11.3. The third kappa shape index (κ3) is 5.04. The molecule has 224 valence electrons. The SMILES string of the molecule is C=C/C=C(\C=C/C)c1nc(-c2ccccc2)cc(-c2ccc(-n3c4ccccc4c4ccc5nc(-c6ccccc6)oc5c43)cc2)n1. The van der Waals surface area contributed by atoms with Crippen molar-refractivity contribution in [2.24, 2.45) is 0 Å². The lowest BCUT2D eigenvalue weighted by Gasteiger charge is -2.11. The fourth-order valence-electron chi connectivity index (χ4n) is 6.18.